The van der Waals surface area contributed by atoms with E-state index < -0.39 is 23.5 Å². The molecule has 1 unspecified atom stereocenters. The minimum atomic E-state index is -1.07. The zero-order valence-electron chi connectivity index (χ0n) is 14.5. The first-order valence-electron chi connectivity index (χ1n) is 8.30. The lowest BCUT2D eigenvalue weighted by atomic mass is 9.98. The van der Waals surface area contributed by atoms with Crippen molar-refractivity contribution in [1.82, 2.24) is 5.32 Å². The Morgan fingerprint density at radius 3 is 2.65 bits per heavy atom. The SMILES string of the molecule is Cc1ccc2c(c1C)=NC(=O)C(CCNC(=O)c1ccc(F)c(F)c1)C=2. The number of nitrogens with one attached hydrogen (secondary N) is 1. The zero-order chi connectivity index (χ0) is 18.8. The van der Waals surface area contributed by atoms with Gasteiger partial charge in [0.1, 0.15) is 0 Å². The summed E-state index contributed by atoms with van der Waals surface area (Å²) in [6.45, 7) is 4.12. The van der Waals surface area contributed by atoms with Gasteiger partial charge in [-0.05, 0) is 54.8 Å². The Kier molecular flexibility index (Phi) is 4.93. The fourth-order valence-corrected chi connectivity index (χ4v) is 2.87. The van der Waals surface area contributed by atoms with E-state index in [0.717, 1.165) is 28.5 Å². The summed E-state index contributed by atoms with van der Waals surface area (Å²) in [6, 6.07) is 6.88. The Bertz CT molecular complexity index is 1020. The molecule has 2 aromatic rings. The summed E-state index contributed by atoms with van der Waals surface area (Å²) < 4.78 is 26.1. The van der Waals surface area contributed by atoms with E-state index in [2.05, 4.69) is 10.3 Å². The van der Waals surface area contributed by atoms with Crippen LogP contribution < -0.4 is 15.9 Å². The minimum Gasteiger partial charge on any atom is -0.352 e. The second-order valence-electron chi connectivity index (χ2n) is 6.34. The van der Waals surface area contributed by atoms with E-state index in [4.69, 9.17) is 0 Å². The third-order valence-corrected chi connectivity index (χ3v) is 4.58. The molecule has 3 rings (SSSR count). The highest BCUT2D eigenvalue weighted by Gasteiger charge is 2.19. The standard InChI is InChI=1S/C20H18F2N2O2/c1-11-3-4-13-9-15(20(26)24-18(13)12(11)2)7-8-23-19(25)14-5-6-16(21)17(22)10-14/h3-6,9-10,15H,7-8H2,1-2H3,(H,23,25). The molecule has 0 saturated carbocycles. The molecule has 1 N–H and O–H groups in total. The summed E-state index contributed by atoms with van der Waals surface area (Å²) in [5.41, 5.74) is 2.09. The number of carbonyl (C=O) groups is 2. The molecule has 0 saturated heterocycles. The molecule has 1 aliphatic rings. The summed E-state index contributed by atoms with van der Waals surface area (Å²) >= 11 is 0. The van der Waals surface area contributed by atoms with Gasteiger partial charge in [-0.1, -0.05) is 18.2 Å². The van der Waals surface area contributed by atoms with Crippen LogP contribution in [-0.4, -0.2) is 18.4 Å². The number of carbonyl (C=O) groups excluding carboxylic acids is 2. The van der Waals surface area contributed by atoms with E-state index in [1.54, 1.807) is 0 Å². The van der Waals surface area contributed by atoms with Crippen LogP contribution in [0.3, 0.4) is 0 Å². The number of aryl methyl sites for hydroxylation is 1. The molecular weight excluding hydrogens is 338 g/mol. The van der Waals surface area contributed by atoms with Gasteiger partial charge in [0.15, 0.2) is 11.6 Å². The van der Waals surface area contributed by atoms with E-state index in [0.29, 0.717) is 11.8 Å². The summed E-state index contributed by atoms with van der Waals surface area (Å²) in [4.78, 5) is 28.4. The van der Waals surface area contributed by atoms with E-state index in [1.807, 2.05) is 32.1 Å². The number of halogens is 2. The maximum atomic E-state index is 13.2. The molecule has 26 heavy (non-hydrogen) atoms. The molecule has 0 bridgehead atoms. The first-order valence-corrected chi connectivity index (χ1v) is 8.30. The van der Waals surface area contributed by atoms with Gasteiger partial charge in [0.2, 0.25) is 0 Å². The van der Waals surface area contributed by atoms with Crippen LogP contribution in [0, 0.1) is 31.4 Å². The van der Waals surface area contributed by atoms with Crippen LogP contribution in [0.1, 0.15) is 27.9 Å². The molecular formula is C20H18F2N2O2. The normalized spacial score (nSPS) is 15.7. The fourth-order valence-electron chi connectivity index (χ4n) is 2.87. The largest absolute Gasteiger partial charge is 0.352 e. The fraction of sp³-hybridized carbons (Fsp3) is 0.250. The number of amides is 2. The molecule has 0 radical (unpaired) electrons. The second kappa shape index (κ2) is 7.15. The zero-order valence-corrected chi connectivity index (χ0v) is 14.5. The molecule has 2 aromatic carbocycles. The smallest absolute Gasteiger partial charge is 0.253 e. The molecule has 4 nitrogen and oxygen atoms in total. The van der Waals surface area contributed by atoms with Gasteiger partial charge in [-0.15, -0.1) is 0 Å². The van der Waals surface area contributed by atoms with Crippen molar-refractivity contribution in [2.75, 3.05) is 6.54 Å². The average molecular weight is 356 g/mol. The molecule has 2 amide bonds. The molecule has 1 atom stereocenters. The molecule has 1 aliphatic heterocycles. The highest BCUT2D eigenvalue weighted by molar-refractivity contribution is 5.94. The first-order chi connectivity index (χ1) is 12.4. The van der Waals surface area contributed by atoms with Crippen LogP contribution in [0.5, 0.6) is 0 Å². The van der Waals surface area contributed by atoms with Crippen LogP contribution in [0.15, 0.2) is 35.3 Å². The predicted octanol–water partition coefficient (Wildman–Crippen LogP) is 1.96. The van der Waals surface area contributed by atoms with E-state index in [9.17, 15) is 18.4 Å². The summed E-state index contributed by atoms with van der Waals surface area (Å²) in [6.07, 6.45) is 2.24. The van der Waals surface area contributed by atoms with Crippen molar-refractivity contribution in [3.63, 3.8) is 0 Å². The van der Waals surface area contributed by atoms with Gasteiger partial charge in [-0.3, -0.25) is 9.59 Å². The third kappa shape index (κ3) is 3.54. The monoisotopic (exact) mass is 356 g/mol. The van der Waals surface area contributed by atoms with Gasteiger partial charge in [0.05, 0.1) is 11.3 Å². The number of fused-ring (bicyclic) bond motifs is 1. The van der Waals surface area contributed by atoms with Crippen molar-refractivity contribution in [1.29, 1.82) is 0 Å². The lowest BCUT2D eigenvalue weighted by molar-refractivity contribution is -0.120. The average Bonchev–Trinajstić information content (AvgIpc) is 2.61. The Hall–Kier alpha value is -2.89. The number of nitrogens with zero attached hydrogens (tertiary/aromatic N) is 1. The molecule has 134 valence electrons. The summed E-state index contributed by atoms with van der Waals surface area (Å²) in [7, 11) is 0. The summed E-state index contributed by atoms with van der Waals surface area (Å²) in [5.74, 6) is -3.26. The Balaban J connectivity index is 1.67. The number of benzene rings is 2. The van der Waals surface area contributed by atoms with Crippen molar-refractivity contribution in [3.05, 3.63) is 69.2 Å². The highest BCUT2D eigenvalue weighted by atomic mass is 19.2. The highest BCUT2D eigenvalue weighted by Crippen LogP contribution is 2.11. The van der Waals surface area contributed by atoms with Crippen molar-refractivity contribution in [2.24, 2.45) is 10.9 Å². The topological polar surface area (TPSA) is 58.5 Å². The Morgan fingerprint density at radius 2 is 1.92 bits per heavy atom. The number of hydrogen-bond donors (Lipinski definition) is 1. The maximum Gasteiger partial charge on any atom is 0.253 e. The predicted molar refractivity (Wildman–Crippen MR) is 93.0 cm³/mol. The van der Waals surface area contributed by atoms with Crippen LogP contribution in [0.4, 0.5) is 8.78 Å². The Labute approximate surface area is 149 Å². The van der Waals surface area contributed by atoms with Crippen molar-refractivity contribution >= 4 is 17.9 Å². The molecule has 1 heterocycles. The number of hydrogen-bond acceptors (Lipinski definition) is 2. The van der Waals surface area contributed by atoms with Gasteiger partial charge in [-0.25, -0.2) is 13.8 Å². The van der Waals surface area contributed by atoms with Gasteiger partial charge in [-0.2, -0.15) is 0 Å². The Morgan fingerprint density at radius 1 is 1.15 bits per heavy atom. The lowest BCUT2D eigenvalue weighted by Gasteiger charge is -2.14. The van der Waals surface area contributed by atoms with Crippen LogP contribution in [0.25, 0.3) is 6.08 Å². The van der Waals surface area contributed by atoms with Gasteiger partial charge >= 0.3 is 0 Å². The molecule has 6 heteroatoms. The van der Waals surface area contributed by atoms with Crippen LogP contribution in [0.2, 0.25) is 0 Å². The number of rotatable bonds is 4. The van der Waals surface area contributed by atoms with Crippen molar-refractivity contribution in [2.45, 2.75) is 20.3 Å². The molecule has 0 fully saturated rings. The second-order valence-corrected chi connectivity index (χ2v) is 6.34. The van der Waals surface area contributed by atoms with Crippen LogP contribution >= 0.6 is 0 Å². The third-order valence-electron chi connectivity index (χ3n) is 4.58. The summed E-state index contributed by atoms with van der Waals surface area (Å²) in [5, 5.41) is 4.23. The lowest BCUT2D eigenvalue weighted by Crippen LogP contribution is -2.37. The van der Waals surface area contributed by atoms with Gasteiger partial charge in [0.25, 0.3) is 11.8 Å². The molecule has 0 spiro atoms. The van der Waals surface area contributed by atoms with E-state index >= 15 is 0 Å². The minimum absolute atomic E-state index is 0.0315. The van der Waals surface area contributed by atoms with E-state index in [-0.39, 0.29) is 18.0 Å². The van der Waals surface area contributed by atoms with Crippen LogP contribution in [-0.2, 0) is 4.79 Å². The van der Waals surface area contributed by atoms with Crippen molar-refractivity contribution in [3.8, 4) is 0 Å². The van der Waals surface area contributed by atoms with Gasteiger partial charge in [0, 0.05) is 12.1 Å². The first kappa shape index (κ1) is 17.9. The molecule has 0 aromatic heterocycles. The van der Waals surface area contributed by atoms with Crippen molar-refractivity contribution < 1.29 is 18.4 Å². The molecule has 0 aliphatic carbocycles. The maximum absolute atomic E-state index is 13.2. The van der Waals surface area contributed by atoms with Gasteiger partial charge < -0.3 is 5.32 Å². The van der Waals surface area contributed by atoms with E-state index in [1.165, 1.54) is 6.07 Å². The quantitative estimate of drug-likeness (QED) is 0.910.